The molecular formula is C21H38O4Si. The van der Waals surface area contributed by atoms with Gasteiger partial charge in [0.1, 0.15) is 12.2 Å². The molecule has 5 heteroatoms. The Labute approximate surface area is 161 Å². The molecule has 0 aromatic rings. The monoisotopic (exact) mass is 382 g/mol. The van der Waals surface area contributed by atoms with Crippen molar-refractivity contribution in [2.24, 2.45) is 5.92 Å². The Morgan fingerprint density at radius 2 is 1.96 bits per heavy atom. The lowest BCUT2D eigenvalue weighted by atomic mass is 9.92. The molecule has 2 rings (SSSR count). The standard InChI is InChI=1S/C21H38O4Si/c1-10-12-16-15(11-2)17(25-26(8,9)20(3,4)5)13-18(23-16)19-14-22-21(6,7)24-19/h10,12-13,15-16,18-19H,11,14H2,1-9H3/b12-10+/t15?,16?,18?,19-/m1/s1. The first-order valence-electron chi connectivity index (χ1n) is 9.91. The lowest BCUT2D eigenvalue weighted by molar-refractivity contribution is -0.158. The molecule has 0 spiro atoms. The van der Waals surface area contributed by atoms with Gasteiger partial charge in [-0.15, -0.1) is 0 Å². The fraction of sp³-hybridized carbons (Fsp3) is 0.810. The number of ether oxygens (including phenoxy) is 3. The SMILES string of the molecule is C/C=C/C1OC([C@H]2COC(C)(C)O2)C=C(O[Si](C)(C)C(C)(C)C)C1CC. The highest BCUT2D eigenvalue weighted by molar-refractivity contribution is 6.74. The summed E-state index contributed by atoms with van der Waals surface area (Å²) in [4.78, 5) is 0. The van der Waals surface area contributed by atoms with Gasteiger partial charge in [-0.1, -0.05) is 39.8 Å². The molecule has 0 aromatic carbocycles. The van der Waals surface area contributed by atoms with Crippen LogP contribution in [-0.2, 0) is 18.6 Å². The van der Waals surface area contributed by atoms with Gasteiger partial charge in [-0.2, -0.15) is 0 Å². The average Bonchev–Trinajstić information content (AvgIpc) is 2.86. The summed E-state index contributed by atoms with van der Waals surface area (Å²) >= 11 is 0. The minimum atomic E-state index is -1.92. The summed E-state index contributed by atoms with van der Waals surface area (Å²) in [6, 6.07) is 0. The number of hydrogen-bond acceptors (Lipinski definition) is 4. The molecule has 4 nitrogen and oxygen atoms in total. The number of allylic oxidation sites excluding steroid dienone is 1. The second kappa shape index (κ2) is 7.78. The van der Waals surface area contributed by atoms with E-state index in [9.17, 15) is 0 Å². The maximum Gasteiger partial charge on any atom is 0.250 e. The summed E-state index contributed by atoms with van der Waals surface area (Å²) < 4.78 is 25.0. The zero-order chi connectivity index (χ0) is 19.8. The molecule has 0 aromatic heterocycles. The summed E-state index contributed by atoms with van der Waals surface area (Å²) in [6.45, 7) is 20.1. The number of rotatable bonds is 5. The van der Waals surface area contributed by atoms with Crippen molar-refractivity contribution in [3.63, 3.8) is 0 Å². The van der Waals surface area contributed by atoms with Gasteiger partial charge >= 0.3 is 0 Å². The molecule has 26 heavy (non-hydrogen) atoms. The Morgan fingerprint density at radius 3 is 2.42 bits per heavy atom. The molecule has 2 aliphatic heterocycles. The van der Waals surface area contributed by atoms with Crippen molar-refractivity contribution < 1.29 is 18.6 Å². The highest BCUT2D eigenvalue weighted by Gasteiger charge is 2.45. The minimum Gasteiger partial charge on any atom is -0.546 e. The molecule has 2 aliphatic rings. The van der Waals surface area contributed by atoms with E-state index in [1.54, 1.807) is 0 Å². The normalized spacial score (nSPS) is 32.7. The van der Waals surface area contributed by atoms with Crippen LogP contribution >= 0.6 is 0 Å². The number of hydrogen-bond donors (Lipinski definition) is 0. The molecule has 150 valence electrons. The summed E-state index contributed by atoms with van der Waals surface area (Å²) in [5.74, 6) is 0.763. The molecule has 0 amide bonds. The molecule has 1 fully saturated rings. The van der Waals surface area contributed by atoms with Crippen molar-refractivity contribution >= 4 is 8.32 Å². The van der Waals surface area contributed by atoms with E-state index in [1.807, 2.05) is 20.8 Å². The molecule has 0 saturated carbocycles. The molecule has 2 heterocycles. The first-order valence-corrected chi connectivity index (χ1v) is 12.8. The van der Waals surface area contributed by atoms with E-state index in [4.69, 9.17) is 18.6 Å². The van der Waals surface area contributed by atoms with E-state index < -0.39 is 14.1 Å². The molecule has 3 unspecified atom stereocenters. The Morgan fingerprint density at radius 1 is 1.31 bits per heavy atom. The summed E-state index contributed by atoms with van der Waals surface area (Å²) in [5.41, 5.74) is 0. The smallest absolute Gasteiger partial charge is 0.250 e. The van der Waals surface area contributed by atoms with E-state index in [0.717, 1.165) is 12.2 Å². The summed E-state index contributed by atoms with van der Waals surface area (Å²) in [6.07, 6.45) is 7.10. The van der Waals surface area contributed by atoms with Crippen LogP contribution in [0.4, 0.5) is 0 Å². The first kappa shape index (κ1) is 21.7. The Balaban J connectivity index is 2.33. The third kappa shape index (κ3) is 4.80. The van der Waals surface area contributed by atoms with E-state index in [0.29, 0.717) is 6.61 Å². The van der Waals surface area contributed by atoms with Gasteiger partial charge in [-0.3, -0.25) is 0 Å². The lowest BCUT2D eigenvalue weighted by Gasteiger charge is -2.43. The van der Waals surface area contributed by atoms with Crippen LogP contribution in [0, 0.1) is 5.92 Å². The van der Waals surface area contributed by atoms with Crippen molar-refractivity contribution in [1.29, 1.82) is 0 Å². The predicted octanol–water partition coefficient (Wildman–Crippen LogP) is 5.41. The lowest BCUT2D eigenvalue weighted by Crippen LogP contribution is -2.46. The van der Waals surface area contributed by atoms with E-state index >= 15 is 0 Å². The van der Waals surface area contributed by atoms with Gasteiger partial charge in [0.05, 0.1) is 18.5 Å². The van der Waals surface area contributed by atoms with Gasteiger partial charge in [-0.05, 0) is 51.4 Å². The maximum atomic E-state index is 6.75. The average molecular weight is 383 g/mol. The third-order valence-corrected chi connectivity index (χ3v) is 10.2. The van der Waals surface area contributed by atoms with Crippen LogP contribution in [0.5, 0.6) is 0 Å². The Kier molecular flexibility index (Phi) is 6.49. The molecule has 4 atom stereocenters. The van der Waals surface area contributed by atoms with Gasteiger partial charge in [0, 0.05) is 5.92 Å². The highest BCUT2D eigenvalue weighted by Crippen LogP contribution is 2.42. The van der Waals surface area contributed by atoms with Crippen LogP contribution in [0.25, 0.3) is 0 Å². The first-order chi connectivity index (χ1) is 11.9. The van der Waals surface area contributed by atoms with Gasteiger partial charge in [-0.25, -0.2) is 0 Å². The van der Waals surface area contributed by atoms with Crippen molar-refractivity contribution in [3.8, 4) is 0 Å². The van der Waals surface area contributed by atoms with Crippen molar-refractivity contribution in [3.05, 3.63) is 24.0 Å². The molecular weight excluding hydrogens is 344 g/mol. The fourth-order valence-electron chi connectivity index (χ4n) is 3.20. The van der Waals surface area contributed by atoms with Gasteiger partial charge in [0.2, 0.25) is 8.32 Å². The van der Waals surface area contributed by atoms with Crippen LogP contribution in [0.1, 0.15) is 54.9 Å². The molecule has 0 bridgehead atoms. The molecule has 0 aliphatic carbocycles. The van der Waals surface area contributed by atoms with Crippen LogP contribution in [0.15, 0.2) is 24.0 Å². The summed E-state index contributed by atoms with van der Waals surface area (Å²) in [7, 11) is -1.92. The van der Waals surface area contributed by atoms with E-state index in [1.165, 1.54) is 0 Å². The zero-order valence-electron chi connectivity index (χ0n) is 18.1. The quantitative estimate of drug-likeness (QED) is 0.470. The van der Waals surface area contributed by atoms with Gasteiger partial charge in [0.15, 0.2) is 5.79 Å². The Bertz CT molecular complexity index is 545. The topological polar surface area (TPSA) is 36.9 Å². The minimum absolute atomic E-state index is 0.00656. The molecule has 1 saturated heterocycles. The predicted molar refractivity (Wildman–Crippen MR) is 109 cm³/mol. The van der Waals surface area contributed by atoms with Crippen molar-refractivity contribution in [1.82, 2.24) is 0 Å². The maximum absolute atomic E-state index is 6.75. The second-order valence-corrected chi connectivity index (χ2v) is 14.1. The van der Waals surface area contributed by atoms with Gasteiger partial charge in [0.25, 0.3) is 0 Å². The van der Waals surface area contributed by atoms with Crippen LogP contribution in [0.3, 0.4) is 0 Å². The van der Waals surface area contributed by atoms with Crippen molar-refractivity contribution in [2.75, 3.05) is 6.61 Å². The highest BCUT2D eigenvalue weighted by atomic mass is 28.4. The second-order valence-electron chi connectivity index (χ2n) is 9.40. The molecule has 0 radical (unpaired) electrons. The molecule has 0 N–H and O–H groups in total. The fourth-order valence-corrected chi connectivity index (χ4v) is 4.31. The van der Waals surface area contributed by atoms with Crippen molar-refractivity contribution in [2.45, 2.75) is 97.1 Å². The Hall–Kier alpha value is -0.623. The van der Waals surface area contributed by atoms with Crippen LogP contribution in [0.2, 0.25) is 18.1 Å². The van der Waals surface area contributed by atoms with E-state index in [-0.39, 0.29) is 29.3 Å². The van der Waals surface area contributed by atoms with E-state index in [2.05, 4.69) is 59.0 Å². The zero-order valence-corrected chi connectivity index (χ0v) is 19.1. The largest absolute Gasteiger partial charge is 0.546 e. The summed E-state index contributed by atoms with van der Waals surface area (Å²) in [5, 5.41) is 0.158. The third-order valence-electron chi connectivity index (χ3n) is 5.80. The van der Waals surface area contributed by atoms with Gasteiger partial charge < -0.3 is 18.6 Å². The van der Waals surface area contributed by atoms with Crippen LogP contribution in [-0.4, -0.2) is 39.0 Å². The van der Waals surface area contributed by atoms with Crippen LogP contribution < -0.4 is 0 Å².